The van der Waals surface area contributed by atoms with Crippen LogP contribution in [0.3, 0.4) is 0 Å². The second-order valence-electron chi connectivity index (χ2n) is 7.84. The SMILES string of the molecule is C[C@@H]1CCCC(=O)CCCC=Cc2cc(OCc3c(Cl)cccc3Cl)cc(O)c2C(=O)O1. The van der Waals surface area contributed by atoms with Crippen molar-refractivity contribution in [3.05, 3.63) is 63.1 Å². The van der Waals surface area contributed by atoms with E-state index in [1.165, 1.54) is 6.07 Å². The molecular weight excluding hydrogens is 451 g/mol. The second-order valence-corrected chi connectivity index (χ2v) is 8.65. The van der Waals surface area contributed by atoms with Crippen LogP contribution in [0.15, 0.2) is 36.4 Å². The number of carbonyl (C=O) groups is 2. The lowest BCUT2D eigenvalue weighted by Gasteiger charge is -2.17. The molecule has 7 heteroatoms. The van der Waals surface area contributed by atoms with Crippen LogP contribution in [0.1, 0.15) is 66.9 Å². The molecule has 0 unspecified atom stereocenters. The van der Waals surface area contributed by atoms with E-state index in [0.717, 1.165) is 6.42 Å². The topological polar surface area (TPSA) is 72.8 Å². The third kappa shape index (κ3) is 6.50. The summed E-state index contributed by atoms with van der Waals surface area (Å²) in [6.45, 7) is 1.88. The number of ether oxygens (including phenoxy) is 2. The summed E-state index contributed by atoms with van der Waals surface area (Å²) in [7, 11) is 0. The molecule has 1 N–H and O–H groups in total. The van der Waals surface area contributed by atoms with Gasteiger partial charge >= 0.3 is 5.97 Å². The van der Waals surface area contributed by atoms with Gasteiger partial charge in [0, 0.05) is 34.5 Å². The molecule has 0 bridgehead atoms. The number of aromatic hydroxyl groups is 1. The molecule has 0 aromatic heterocycles. The van der Waals surface area contributed by atoms with Gasteiger partial charge in [-0.05, 0) is 56.4 Å². The van der Waals surface area contributed by atoms with Crippen LogP contribution < -0.4 is 4.74 Å². The monoisotopic (exact) mass is 476 g/mol. The second kappa shape index (κ2) is 11.4. The Hall–Kier alpha value is -2.50. The predicted octanol–water partition coefficient (Wildman–Crippen LogP) is 6.76. The number of fused-ring (bicyclic) bond motifs is 1. The third-order valence-electron chi connectivity index (χ3n) is 5.27. The first kappa shape index (κ1) is 24.1. The van der Waals surface area contributed by atoms with Gasteiger partial charge in [-0.25, -0.2) is 4.79 Å². The maximum atomic E-state index is 12.8. The van der Waals surface area contributed by atoms with Crippen LogP contribution in [0.4, 0.5) is 0 Å². The summed E-state index contributed by atoms with van der Waals surface area (Å²) in [5.41, 5.74) is 1.19. The van der Waals surface area contributed by atoms with Crippen LogP contribution in [0, 0.1) is 0 Å². The Balaban J connectivity index is 1.88. The maximum absolute atomic E-state index is 12.8. The number of phenols is 1. The summed E-state index contributed by atoms with van der Waals surface area (Å²) in [5.74, 6) is -0.259. The highest BCUT2D eigenvalue weighted by Crippen LogP contribution is 2.32. The fourth-order valence-corrected chi connectivity index (χ4v) is 4.03. The molecule has 0 saturated carbocycles. The van der Waals surface area contributed by atoms with Crippen molar-refractivity contribution in [3.8, 4) is 11.5 Å². The summed E-state index contributed by atoms with van der Waals surface area (Å²) in [6.07, 6.45) is 6.93. The molecule has 32 heavy (non-hydrogen) atoms. The summed E-state index contributed by atoms with van der Waals surface area (Å²) in [5, 5.41) is 11.6. The fraction of sp³-hybridized carbons (Fsp3) is 0.360. The van der Waals surface area contributed by atoms with E-state index in [-0.39, 0.29) is 29.8 Å². The molecule has 1 aliphatic rings. The van der Waals surface area contributed by atoms with Crippen molar-refractivity contribution in [1.29, 1.82) is 0 Å². The highest BCUT2D eigenvalue weighted by molar-refractivity contribution is 6.35. The van der Waals surface area contributed by atoms with E-state index in [2.05, 4.69) is 0 Å². The van der Waals surface area contributed by atoms with Gasteiger partial charge in [0.2, 0.25) is 0 Å². The Bertz CT molecular complexity index is 995. The van der Waals surface area contributed by atoms with Crippen LogP contribution in [0.5, 0.6) is 11.5 Å². The van der Waals surface area contributed by atoms with Crippen LogP contribution in [0.25, 0.3) is 6.08 Å². The first-order valence-electron chi connectivity index (χ1n) is 10.7. The van der Waals surface area contributed by atoms with Crippen molar-refractivity contribution >= 4 is 41.0 Å². The van der Waals surface area contributed by atoms with Crippen LogP contribution in [-0.4, -0.2) is 23.0 Å². The number of hydrogen-bond acceptors (Lipinski definition) is 5. The number of Topliss-reactive ketones (excluding diaryl/α,β-unsaturated/α-hetero) is 1. The smallest absolute Gasteiger partial charge is 0.342 e. The van der Waals surface area contributed by atoms with Gasteiger partial charge in [-0.15, -0.1) is 0 Å². The summed E-state index contributed by atoms with van der Waals surface area (Å²) in [4.78, 5) is 24.7. The Morgan fingerprint density at radius 1 is 1.12 bits per heavy atom. The van der Waals surface area contributed by atoms with Gasteiger partial charge in [-0.1, -0.05) is 41.4 Å². The molecule has 0 saturated heterocycles. The van der Waals surface area contributed by atoms with Gasteiger partial charge in [0.1, 0.15) is 29.5 Å². The highest BCUT2D eigenvalue weighted by Gasteiger charge is 2.21. The number of carbonyl (C=O) groups excluding carboxylic acids is 2. The van der Waals surface area contributed by atoms with Gasteiger partial charge in [0.15, 0.2) is 0 Å². The van der Waals surface area contributed by atoms with Crippen molar-refractivity contribution in [2.45, 2.75) is 58.2 Å². The lowest BCUT2D eigenvalue weighted by atomic mass is 10.0. The van der Waals surface area contributed by atoms with E-state index in [9.17, 15) is 14.7 Å². The number of rotatable bonds is 3. The van der Waals surface area contributed by atoms with E-state index in [1.807, 2.05) is 6.08 Å². The van der Waals surface area contributed by atoms with Crippen molar-refractivity contribution in [1.82, 2.24) is 0 Å². The number of allylic oxidation sites excluding steroid dienone is 1. The number of benzene rings is 2. The molecule has 0 aliphatic carbocycles. The molecule has 170 valence electrons. The molecular formula is C25H26Cl2O5. The van der Waals surface area contributed by atoms with E-state index in [1.54, 1.807) is 37.3 Å². The van der Waals surface area contributed by atoms with Crippen LogP contribution in [0.2, 0.25) is 10.0 Å². The largest absolute Gasteiger partial charge is 0.507 e. The van der Waals surface area contributed by atoms with Gasteiger partial charge in [0.05, 0.1) is 6.10 Å². The van der Waals surface area contributed by atoms with E-state index < -0.39 is 5.97 Å². The van der Waals surface area contributed by atoms with Gasteiger partial charge in [-0.3, -0.25) is 4.79 Å². The lowest BCUT2D eigenvalue weighted by molar-refractivity contribution is -0.119. The minimum atomic E-state index is -0.612. The number of ketones is 1. The average molecular weight is 477 g/mol. The zero-order valence-corrected chi connectivity index (χ0v) is 19.4. The predicted molar refractivity (Wildman–Crippen MR) is 126 cm³/mol. The van der Waals surface area contributed by atoms with Crippen LogP contribution in [-0.2, 0) is 16.1 Å². The third-order valence-corrected chi connectivity index (χ3v) is 5.98. The molecule has 1 atom stereocenters. The lowest BCUT2D eigenvalue weighted by Crippen LogP contribution is -2.17. The Labute approximate surface area is 197 Å². The molecule has 0 radical (unpaired) electrons. The Morgan fingerprint density at radius 2 is 1.84 bits per heavy atom. The Morgan fingerprint density at radius 3 is 2.59 bits per heavy atom. The van der Waals surface area contributed by atoms with Gasteiger partial charge in [-0.2, -0.15) is 0 Å². The zero-order chi connectivity index (χ0) is 23.1. The number of hydrogen-bond donors (Lipinski definition) is 1. The molecule has 5 nitrogen and oxygen atoms in total. The summed E-state index contributed by atoms with van der Waals surface area (Å²) < 4.78 is 11.3. The standard InChI is InChI=1S/C25H26Cl2O5/c1-16-7-5-10-18(28)9-4-2-3-8-17-13-19(14-23(29)24(17)25(30)32-16)31-15-20-21(26)11-6-12-22(20)27/h3,6,8,11-14,16,29H,2,4-5,7,9-10,15H2,1H3/t16-/m1/s1. The molecule has 0 fully saturated rings. The van der Waals surface area contributed by atoms with Crippen molar-refractivity contribution in [3.63, 3.8) is 0 Å². The maximum Gasteiger partial charge on any atom is 0.342 e. The fourth-order valence-electron chi connectivity index (χ4n) is 3.52. The first-order chi connectivity index (χ1) is 15.3. The number of esters is 1. The van der Waals surface area contributed by atoms with Crippen molar-refractivity contribution < 1.29 is 24.2 Å². The molecule has 2 aromatic carbocycles. The zero-order valence-electron chi connectivity index (χ0n) is 17.9. The molecule has 3 rings (SSSR count). The van der Waals surface area contributed by atoms with Crippen molar-refractivity contribution in [2.75, 3.05) is 0 Å². The van der Waals surface area contributed by atoms with E-state index in [0.29, 0.717) is 59.0 Å². The minimum absolute atomic E-state index is 0.0874. The van der Waals surface area contributed by atoms with Gasteiger partial charge in [0.25, 0.3) is 0 Å². The quantitative estimate of drug-likeness (QED) is 0.495. The summed E-state index contributed by atoms with van der Waals surface area (Å²) in [6, 6.07) is 8.23. The molecule has 0 spiro atoms. The number of halogens is 2. The normalized spacial score (nSPS) is 17.9. The van der Waals surface area contributed by atoms with Crippen LogP contribution >= 0.6 is 23.2 Å². The number of cyclic esters (lactones) is 1. The summed E-state index contributed by atoms with van der Waals surface area (Å²) >= 11 is 12.4. The Kier molecular flexibility index (Phi) is 8.60. The first-order valence-corrected chi connectivity index (χ1v) is 11.4. The van der Waals surface area contributed by atoms with E-state index >= 15 is 0 Å². The average Bonchev–Trinajstić information content (AvgIpc) is 2.72. The van der Waals surface area contributed by atoms with E-state index in [4.69, 9.17) is 32.7 Å². The highest BCUT2D eigenvalue weighted by atomic mass is 35.5. The van der Waals surface area contributed by atoms with Gasteiger partial charge < -0.3 is 14.6 Å². The molecule has 2 aromatic rings. The molecule has 0 amide bonds. The minimum Gasteiger partial charge on any atom is -0.507 e. The number of phenolic OH excluding ortho intramolecular Hbond substituents is 1. The molecule has 1 aliphatic heterocycles. The molecule has 1 heterocycles. The van der Waals surface area contributed by atoms with Crippen molar-refractivity contribution in [2.24, 2.45) is 0 Å².